The van der Waals surface area contributed by atoms with Crippen molar-refractivity contribution < 1.29 is 27.5 Å². The van der Waals surface area contributed by atoms with Crippen LogP contribution in [0.2, 0.25) is 0 Å². The van der Waals surface area contributed by atoms with Crippen molar-refractivity contribution in [3.8, 4) is 28.1 Å². The Kier molecular flexibility index (Phi) is 7.92. The van der Waals surface area contributed by atoms with Crippen molar-refractivity contribution in [2.45, 2.75) is 32.2 Å². The summed E-state index contributed by atoms with van der Waals surface area (Å²) in [6.07, 6.45) is -3.37. The number of nitrogens with two attached hydrogens (primary N) is 1. The summed E-state index contributed by atoms with van der Waals surface area (Å²) in [6.45, 7) is 2.38. The van der Waals surface area contributed by atoms with Crippen LogP contribution >= 0.6 is 12.4 Å². The van der Waals surface area contributed by atoms with Crippen molar-refractivity contribution in [2.24, 2.45) is 5.73 Å². The van der Waals surface area contributed by atoms with Crippen LogP contribution in [0, 0.1) is 0 Å². The van der Waals surface area contributed by atoms with E-state index in [0.717, 1.165) is 12.0 Å². The van der Waals surface area contributed by atoms with E-state index in [4.69, 9.17) is 5.73 Å². The van der Waals surface area contributed by atoms with Gasteiger partial charge in [-0.15, -0.1) is 25.6 Å². The number of aromatic nitrogens is 1. The number of ketones is 1. The molecular formula is C25H25ClF3N3O3. The smallest absolute Gasteiger partial charge is 0.406 e. The summed E-state index contributed by atoms with van der Waals surface area (Å²) < 4.78 is 44.5. The summed E-state index contributed by atoms with van der Waals surface area (Å²) in [5.74, 6) is -0.697. The maximum absolute atomic E-state index is 12.8. The van der Waals surface area contributed by atoms with Crippen LogP contribution in [0.4, 0.5) is 13.2 Å². The second-order valence-corrected chi connectivity index (χ2v) is 8.17. The van der Waals surface area contributed by atoms with E-state index in [9.17, 15) is 22.8 Å². The minimum atomic E-state index is -4.82. The minimum Gasteiger partial charge on any atom is -0.406 e. The Bertz CT molecular complexity index is 1220. The fourth-order valence-electron chi connectivity index (χ4n) is 4.29. The molecule has 1 aliphatic rings. The number of hydrogen-bond acceptors (Lipinski definition) is 4. The first-order valence-electron chi connectivity index (χ1n) is 10.9. The predicted molar refractivity (Wildman–Crippen MR) is 129 cm³/mol. The number of alkyl halides is 3. The highest BCUT2D eigenvalue weighted by molar-refractivity contribution is 5.99. The van der Waals surface area contributed by atoms with Crippen LogP contribution in [0.5, 0.6) is 5.75 Å². The molecule has 1 amide bonds. The third kappa shape index (κ3) is 5.68. The Labute approximate surface area is 206 Å². The van der Waals surface area contributed by atoms with Crippen LogP contribution in [0.1, 0.15) is 46.7 Å². The molecule has 0 spiro atoms. The van der Waals surface area contributed by atoms with Gasteiger partial charge in [-0.1, -0.05) is 36.4 Å². The maximum Gasteiger partial charge on any atom is 0.573 e. The van der Waals surface area contributed by atoms with Gasteiger partial charge in [0.25, 0.3) is 5.91 Å². The molecule has 3 N–H and O–H groups in total. The zero-order valence-corrected chi connectivity index (χ0v) is 19.7. The third-order valence-corrected chi connectivity index (χ3v) is 5.82. The van der Waals surface area contributed by atoms with E-state index in [1.165, 1.54) is 25.1 Å². The number of halogens is 4. The number of nitrogens with zero attached hydrogens (tertiary/aromatic N) is 1. The molecule has 1 aromatic heterocycles. The molecule has 0 bridgehead atoms. The van der Waals surface area contributed by atoms with Crippen LogP contribution in [0.15, 0.2) is 54.6 Å². The molecule has 0 saturated carbocycles. The van der Waals surface area contributed by atoms with Crippen molar-refractivity contribution in [3.05, 3.63) is 65.9 Å². The Balaban J connectivity index is 0.00000342. The summed E-state index contributed by atoms with van der Waals surface area (Å²) in [4.78, 5) is 24.5. The van der Waals surface area contributed by atoms with Gasteiger partial charge in [0.1, 0.15) is 11.4 Å². The lowest BCUT2D eigenvalue weighted by atomic mass is 9.99. The highest BCUT2D eigenvalue weighted by Gasteiger charge is 2.33. The average molecular weight is 508 g/mol. The van der Waals surface area contributed by atoms with Gasteiger partial charge in [0, 0.05) is 17.7 Å². The third-order valence-electron chi connectivity index (χ3n) is 5.82. The number of ether oxygens (including phenoxy) is 1. The summed E-state index contributed by atoms with van der Waals surface area (Å²) in [5.41, 5.74) is 9.15. The zero-order valence-electron chi connectivity index (χ0n) is 18.9. The van der Waals surface area contributed by atoms with Crippen LogP contribution in [-0.2, 0) is 0 Å². The summed E-state index contributed by atoms with van der Waals surface area (Å²) in [6, 6.07) is 14.2. The van der Waals surface area contributed by atoms with Crippen molar-refractivity contribution in [1.82, 2.24) is 9.88 Å². The quantitative estimate of drug-likeness (QED) is 0.421. The van der Waals surface area contributed by atoms with Crippen molar-refractivity contribution in [3.63, 3.8) is 0 Å². The van der Waals surface area contributed by atoms with Gasteiger partial charge in [0.05, 0.1) is 11.7 Å². The molecule has 4 rings (SSSR count). The van der Waals surface area contributed by atoms with Crippen molar-refractivity contribution >= 4 is 24.1 Å². The van der Waals surface area contributed by atoms with Gasteiger partial charge < -0.3 is 20.4 Å². The van der Waals surface area contributed by atoms with Crippen molar-refractivity contribution in [2.75, 3.05) is 13.1 Å². The molecule has 6 nitrogen and oxygen atoms in total. The fourth-order valence-corrected chi connectivity index (χ4v) is 4.29. The molecule has 2 aromatic carbocycles. The van der Waals surface area contributed by atoms with Gasteiger partial charge in [0.15, 0.2) is 5.78 Å². The van der Waals surface area contributed by atoms with Crippen LogP contribution in [0.25, 0.3) is 22.4 Å². The Morgan fingerprint density at radius 3 is 2.49 bits per heavy atom. The number of carbonyl (C=O) groups is 2. The lowest BCUT2D eigenvalue weighted by Gasteiger charge is -2.29. The molecule has 186 valence electrons. The number of hydrogen-bond donors (Lipinski definition) is 2. The first kappa shape index (κ1) is 26.3. The lowest BCUT2D eigenvalue weighted by molar-refractivity contribution is -0.274. The number of Topliss-reactive ketones (excluding diaryl/α,β-unsaturated/α-hetero) is 1. The molecule has 0 fully saturated rings. The first-order valence-corrected chi connectivity index (χ1v) is 10.9. The summed E-state index contributed by atoms with van der Waals surface area (Å²) in [5, 5.41) is 2.89. The molecule has 2 heterocycles. The number of amides is 1. The van der Waals surface area contributed by atoms with E-state index in [1.807, 2.05) is 4.57 Å². The van der Waals surface area contributed by atoms with E-state index in [-0.39, 0.29) is 35.9 Å². The molecule has 1 atom stereocenters. The number of benzene rings is 2. The minimum absolute atomic E-state index is 0. The summed E-state index contributed by atoms with van der Waals surface area (Å²) in [7, 11) is 0. The molecule has 10 heteroatoms. The van der Waals surface area contributed by atoms with Crippen molar-refractivity contribution in [1.29, 1.82) is 0 Å². The van der Waals surface area contributed by atoms with E-state index < -0.39 is 6.36 Å². The topological polar surface area (TPSA) is 86.3 Å². The van der Waals surface area contributed by atoms with Gasteiger partial charge >= 0.3 is 6.36 Å². The molecule has 0 unspecified atom stereocenters. The van der Waals surface area contributed by atoms with Crippen LogP contribution in [-0.4, -0.2) is 35.7 Å². The van der Waals surface area contributed by atoms with Gasteiger partial charge in [0.2, 0.25) is 0 Å². The van der Waals surface area contributed by atoms with E-state index in [1.54, 1.807) is 36.4 Å². The number of fused-ring (bicyclic) bond motifs is 1. The summed E-state index contributed by atoms with van der Waals surface area (Å²) >= 11 is 0. The normalized spacial score (nSPS) is 15.1. The fraction of sp³-hybridized carbons (Fsp3) is 0.280. The number of carbonyl (C=O) groups excluding carboxylic acids is 2. The molecule has 35 heavy (non-hydrogen) atoms. The SMILES string of the molecule is CC(=O)c1ccc(-c2c(-c3cccc(OC(F)(F)F)c3)cc3n2[C@@H](CCCN)CNC3=O)cc1.Cl. The zero-order chi connectivity index (χ0) is 24.5. The second-order valence-electron chi connectivity index (χ2n) is 8.17. The largest absolute Gasteiger partial charge is 0.573 e. The molecule has 0 aliphatic carbocycles. The molecule has 0 saturated heterocycles. The highest BCUT2D eigenvalue weighted by Crippen LogP contribution is 2.41. The van der Waals surface area contributed by atoms with Gasteiger partial charge in [-0.2, -0.15) is 0 Å². The standard InChI is InChI=1S/C25H24F3N3O3.ClH/c1-15(32)16-7-9-17(10-8-16)23-21(18-4-2-6-20(12-18)34-25(26,27)28)13-22-24(33)30-14-19(31(22)23)5-3-11-29;/h2,4,6-10,12-13,19H,3,5,11,14,29H2,1H3,(H,30,33);1H/t19-;/m0./s1. The molecular weight excluding hydrogens is 483 g/mol. The Morgan fingerprint density at radius 1 is 1.14 bits per heavy atom. The highest BCUT2D eigenvalue weighted by atomic mass is 35.5. The predicted octanol–water partition coefficient (Wildman–Crippen LogP) is 5.37. The van der Waals surface area contributed by atoms with Gasteiger partial charge in [-0.3, -0.25) is 9.59 Å². The van der Waals surface area contributed by atoms with E-state index in [2.05, 4.69) is 10.1 Å². The maximum atomic E-state index is 12.8. The molecule has 1 aliphatic heterocycles. The van der Waals surface area contributed by atoms with Gasteiger partial charge in [-0.25, -0.2) is 0 Å². The lowest BCUT2D eigenvalue weighted by Crippen LogP contribution is -2.39. The number of nitrogens with one attached hydrogen (secondary N) is 1. The molecule has 0 radical (unpaired) electrons. The number of rotatable bonds is 7. The second kappa shape index (κ2) is 10.5. The Hall–Kier alpha value is -3.30. The Morgan fingerprint density at radius 2 is 1.86 bits per heavy atom. The van der Waals surface area contributed by atoms with Crippen LogP contribution < -0.4 is 15.8 Å². The van der Waals surface area contributed by atoms with Gasteiger partial charge in [-0.05, 0) is 55.6 Å². The monoisotopic (exact) mass is 507 g/mol. The van der Waals surface area contributed by atoms with E-state index >= 15 is 0 Å². The van der Waals surface area contributed by atoms with E-state index in [0.29, 0.717) is 47.6 Å². The average Bonchev–Trinajstić information content (AvgIpc) is 3.19. The first-order chi connectivity index (χ1) is 16.2. The molecule has 3 aromatic rings. The van der Waals surface area contributed by atoms with Crippen LogP contribution in [0.3, 0.4) is 0 Å².